The van der Waals surface area contributed by atoms with Crippen molar-refractivity contribution in [3.8, 4) is 0 Å². The van der Waals surface area contributed by atoms with Gasteiger partial charge >= 0.3 is 0 Å². The number of halogens is 2. The van der Waals surface area contributed by atoms with E-state index < -0.39 is 17.7 Å². The summed E-state index contributed by atoms with van der Waals surface area (Å²) >= 11 is 0. The number of ether oxygens (including phenoxy) is 1. The molecule has 0 saturated carbocycles. The molecule has 1 aromatic rings. The molecule has 1 aromatic carbocycles. The number of rotatable bonds is 3. The Morgan fingerprint density at radius 2 is 2.09 bits per heavy atom. The highest BCUT2D eigenvalue weighted by molar-refractivity contribution is 5.85. The zero-order valence-corrected chi connectivity index (χ0v) is 12.5. The fourth-order valence-corrected chi connectivity index (χ4v) is 3.38. The Balaban J connectivity index is 1.77. The van der Waals surface area contributed by atoms with Crippen LogP contribution in [0.15, 0.2) is 12.1 Å². The Morgan fingerprint density at radius 1 is 1.36 bits per heavy atom. The zero-order valence-electron chi connectivity index (χ0n) is 12.5. The molecule has 0 aromatic heterocycles. The number of amides is 1. The van der Waals surface area contributed by atoms with Crippen LogP contribution in [0.25, 0.3) is 0 Å². The molecular weight excluding hydrogens is 290 g/mol. The summed E-state index contributed by atoms with van der Waals surface area (Å²) in [5.74, 6) is -1.24. The van der Waals surface area contributed by atoms with Gasteiger partial charge in [-0.05, 0) is 31.4 Å². The standard InChI is InChI=1S/C16H20F2N2O2/c1-10-2-3-12(17)11(13(10)18)8-19-14-15(21)20-9-16(14)4-6-22-7-5-16/h2-3,14,19H,4-9H2,1H3,(H,20,21). The number of carbonyl (C=O) groups is 1. The lowest BCUT2D eigenvalue weighted by Gasteiger charge is -2.37. The number of aryl methyl sites for hydroxylation is 1. The van der Waals surface area contributed by atoms with Gasteiger partial charge in [0.2, 0.25) is 5.91 Å². The molecule has 0 aliphatic carbocycles. The molecule has 2 aliphatic heterocycles. The first kappa shape index (κ1) is 15.4. The Hall–Kier alpha value is -1.53. The topological polar surface area (TPSA) is 50.4 Å². The van der Waals surface area contributed by atoms with Crippen molar-refractivity contribution in [3.05, 3.63) is 34.9 Å². The monoisotopic (exact) mass is 310 g/mol. The molecule has 1 unspecified atom stereocenters. The van der Waals surface area contributed by atoms with Gasteiger partial charge in [0.15, 0.2) is 0 Å². The minimum absolute atomic E-state index is 0.0000402. The van der Waals surface area contributed by atoms with Crippen LogP contribution in [0.1, 0.15) is 24.0 Å². The SMILES string of the molecule is Cc1ccc(F)c(CNC2C(=O)NCC23CCOCC3)c1F. The molecule has 0 radical (unpaired) electrons. The summed E-state index contributed by atoms with van der Waals surface area (Å²) in [6.07, 6.45) is 1.53. The summed E-state index contributed by atoms with van der Waals surface area (Å²) in [5.41, 5.74) is 0.170. The van der Waals surface area contributed by atoms with E-state index in [-0.39, 0.29) is 23.4 Å². The van der Waals surface area contributed by atoms with Crippen molar-refractivity contribution in [3.63, 3.8) is 0 Å². The molecule has 2 heterocycles. The Kier molecular flexibility index (Phi) is 4.14. The third-order valence-electron chi connectivity index (χ3n) is 4.84. The second-order valence-corrected chi connectivity index (χ2v) is 6.16. The van der Waals surface area contributed by atoms with Gasteiger partial charge in [-0.15, -0.1) is 0 Å². The molecule has 1 spiro atoms. The lowest BCUT2D eigenvalue weighted by atomic mass is 9.76. The van der Waals surface area contributed by atoms with Gasteiger partial charge in [0.25, 0.3) is 0 Å². The van der Waals surface area contributed by atoms with E-state index >= 15 is 0 Å². The molecule has 1 atom stereocenters. The molecule has 0 bridgehead atoms. The van der Waals surface area contributed by atoms with Crippen molar-refractivity contribution in [1.82, 2.24) is 10.6 Å². The van der Waals surface area contributed by atoms with E-state index in [1.54, 1.807) is 6.92 Å². The van der Waals surface area contributed by atoms with Gasteiger partial charge < -0.3 is 15.4 Å². The third kappa shape index (κ3) is 2.61. The van der Waals surface area contributed by atoms with Crippen LogP contribution >= 0.6 is 0 Å². The predicted octanol–water partition coefficient (Wildman–Crippen LogP) is 1.66. The van der Waals surface area contributed by atoms with E-state index in [0.717, 1.165) is 12.8 Å². The van der Waals surface area contributed by atoms with Crippen LogP contribution < -0.4 is 10.6 Å². The lowest BCUT2D eigenvalue weighted by molar-refractivity contribution is -0.122. The van der Waals surface area contributed by atoms with Crippen molar-refractivity contribution in [2.24, 2.45) is 5.41 Å². The average molecular weight is 310 g/mol. The number of hydrogen-bond acceptors (Lipinski definition) is 3. The van der Waals surface area contributed by atoms with Crippen LogP contribution in [0.2, 0.25) is 0 Å². The number of hydrogen-bond donors (Lipinski definition) is 2. The van der Waals surface area contributed by atoms with Crippen LogP contribution in [-0.2, 0) is 16.1 Å². The minimum Gasteiger partial charge on any atom is -0.381 e. The molecule has 3 rings (SSSR count). The van der Waals surface area contributed by atoms with E-state index in [9.17, 15) is 13.6 Å². The molecule has 1 amide bonds. The van der Waals surface area contributed by atoms with Gasteiger partial charge in [-0.3, -0.25) is 4.79 Å². The van der Waals surface area contributed by atoms with E-state index in [0.29, 0.717) is 25.3 Å². The summed E-state index contributed by atoms with van der Waals surface area (Å²) in [4.78, 5) is 12.1. The summed E-state index contributed by atoms with van der Waals surface area (Å²) in [5, 5.41) is 5.93. The van der Waals surface area contributed by atoms with Crippen molar-refractivity contribution in [2.75, 3.05) is 19.8 Å². The smallest absolute Gasteiger partial charge is 0.237 e. The van der Waals surface area contributed by atoms with E-state index in [4.69, 9.17) is 4.74 Å². The molecular formula is C16H20F2N2O2. The normalized spacial score (nSPS) is 23.8. The maximum atomic E-state index is 14.1. The van der Waals surface area contributed by atoms with Crippen LogP contribution in [0, 0.1) is 24.0 Å². The Labute approximate surface area is 128 Å². The number of nitrogens with one attached hydrogen (secondary N) is 2. The first-order valence-electron chi connectivity index (χ1n) is 7.56. The molecule has 120 valence electrons. The van der Waals surface area contributed by atoms with Crippen molar-refractivity contribution in [2.45, 2.75) is 32.4 Å². The lowest BCUT2D eigenvalue weighted by Crippen LogP contribution is -2.49. The highest BCUT2D eigenvalue weighted by Gasteiger charge is 2.48. The summed E-state index contributed by atoms with van der Waals surface area (Å²) in [7, 11) is 0. The summed E-state index contributed by atoms with van der Waals surface area (Å²) in [6, 6.07) is 2.24. The second kappa shape index (κ2) is 5.93. The molecule has 2 N–H and O–H groups in total. The fraction of sp³-hybridized carbons (Fsp3) is 0.562. The van der Waals surface area contributed by atoms with Gasteiger partial charge in [-0.1, -0.05) is 6.07 Å². The maximum absolute atomic E-state index is 14.1. The van der Waals surface area contributed by atoms with Gasteiger partial charge in [0.1, 0.15) is 11.6 Å². The molecule has 2 fully saturated rings. The molecule has 6 heteroatoms. The Bertz CT molecular complexity index is 586. The predicted molar refractivity (Wildman–Crippen MR) is 77.2 cm³/mol. The third-order valence-corrected chi connectivity index (χ3v) is 4.84. The summed E-state index contributed by atoms with van der Waals surface area (Å²) < 4.78 is 33.3. The van der Waals surface area contributed by atoms with Crippen molar-refractivity contribution >= 4 is 5.91 Å². The van der Waals surface area contributed by atoms with Crippen LogP contribution in [0.3, 0.4) is 0 Å². The average Bonchev–Trinajstić information content (AvgIpc) is 2.81. The van der Waals surface area contributed by atoms with E-state index in [1.807, 2.05) is 0 Å². The first-order chi connectivity index (χ1) is 10.5. The minimum atomic E-state index is -0.588. The van der Waals surface area contributed by atoms with Gasteiger partial charge in [-0.25, -0.2) is 8.78 Å². The molecule has 2 saturated heterocycles. The van der Waals surface area contributed by atoms with E-state index in [2.05, 4.69) is 10.6 Å². The number of benzene rings is 1. The summed E-state index contributed by atoms with van der Waals surface area (Å²) in [6.45, 7) is 3.41. The van der Waals surface area contributed by atoms with Crippen LogP contribution in [-0.4, -0.2) is 31.7 Å². The first-order valence-corrected chi connectivity index (χ1v) is 7.56. The van der Waals surface area contributed by atoms with Gasteiger partial charge in [0.05, 0.1) is 6.04 Å². The maximum Gasteiger partial charge on any atom is 0.237 e. The quantitative estimate of drug-likeness (QED) is 0.893. The van der Waals surface area contributed by atoms with Crippen LogP contribution in [0.5, 0.6) is 0 Å². The highest BCUT2D eigenvalue weighted by atomic mass is 19.1. The van der Waals surface area contributed by atoms with Gasteiger partial charge in [-0.2, -0.15) is 0 Å². The second-order valence-electron chi connectivity index (χ2n) is 6.16. The van der Waals surface area contributed by atoms with Crippen molar-refractivity contribution < 1.29 is 18.3 Å². The fourth-order valence-electron chi connectivity index (χ4n) is 3.38. The zero-order chi connectivity index (χ0) is 15.7. The van der Waals surface area contributed by atoms with Gasteiger partial charge in [0, 0.05) is 37.3 Å². The van der Waals surface area contributed by atoms with Crippen molar-refractivity contribution in [1.29, 1.82) is 0 Å². The highest BCUT2D eigenvalue weighted by Crippen LogP contribution is 2.37. The van der Waals surface area contributed by atoms with Crippen LogP contribution in [0.4, 0.5) is 8.78 Å². The Morgan fingerprint density at radius 3 is 2.82 bits per heavy atom. The number of carbonyl (C=O) groups excluding carboxylic acids is 1. The molecule has 2 aliphatic rings. The largest absolute Gasteiger partial charge is 0.381 e. The molecule has 4 nitrogen and oxygen atoms in total. The molecule has 22 heavy (non-hydrogen) atoms. The van der Waals surface area contributed by atoms with E-state index in [1.165, 1.54) is 12.1 Å².